The number of anilines is 1. The number of sulfonamides is 1. The minimum Gasteiger partial charge on any atom is -0.356 e. The number of aromatic nitrogens is 2. The number of amides is 1. The summed E-state index contributed by atoms with van der Waals surface area (Å²) >= 11 is 2.23. The molecule has 33 heavy (non-hydrogen) atoms. The number of nitrogens with one attached hydrogen (secondary N) is 2. The molecule has 7 nitrogen and oxygen atoms in total. The highest BCUT2D eigenvalue weighted by Gasteiger charge is 2.24. The van der Waals surface area contributed by atoms with E-state index in [1.807, 2.05) is 36.4 Å². The van der Waals surface area contributed by atoms with E-state index in [1.54, 1.807) is 23.2 Å². The molecule has 1 aliphatic rings. The SMILES string of the molecule is O=C(c1cc(S(=O)(=O)Nc2ccc(I)c(-c3nccc4ccccc34)c2)c[nH]1)N1CCCC1. The first-order valence-electron chi connectivity index (χ1n) is 10.6. The average molecular weight is 572 g/mol. The molecular formula is C24H21IN4O3S. The van der Waals surface area contributed by atoms with Crippen molar-refractivity contribution in [1.82, 2.24) is 14.9 Å². The number of benzene rings is 2. The van der Waals surface area contributed by atoms with E-state index < -0.39 is 10.0 Å². The lowest BCUT2D eigenvalue weighted by atomic mass is 10.0. The monoisotopic (exact) mass is 572 g/mol. The van der Waals surface area contributed by atoms with Crippen molar-refractivity contribution in [3.05, 3.63) is 76.3 Å². The number of fused-ring (bicyclic) bond motifs is 1. The van der Waals surface area contributed by atoms with Crippen LogP contribution in [0, 0.1) is 3.57 Å². The highest BCUT2D eigenvalue weighted by atomic mass is 127. The number of H-pyrrole nitrogens is 1. The van der Waals surface area contributed by atoms with E-state index in [0.717, 1.165) is 38.4 Å². The maximum atomic E-state index is 13.0. The summed E-state index contributed by atoms with van der Waals surface area (Å²) in [7, 11) is -3.88. The Labute approximate surface area is 205 Å². The Kier molecular flexibility index (Phi) is 5.83. The van der Waals surface area contributed by atoms with Gasteiger partial charge < -0.3 is 9.88 Å². The Balaban J connectivity index is 1.45. The fraction of sp³-hybridized carbons (Fsp3) is 0.167. The predicted octanol–water partition coefficient (Wildman–Crippen LogP) is 4.87. The molecule has 1 fully saturated rings. The summed E-state index contributed by atoms with van der Waals surface area (Å²) in [5.41, 5.74) is 2.33. The Morgan fingerprint density at radius 1 is 1.06 bits per heavy atom. The summed E-state index contributed by atoms with van der Waals surface area (Å²) in [6.45, 7) is 1.40. The zero-order valence-corrected chi connectivity index (χ0v) is 20.6. The van der Waals surface area contributed by atoms with Gasteiger partial charge in [-0.25, -0.2) is 8.42 Å². The van der Waals surface area contributed by atoms with Gasteiger partial charge in [0.05, 0.1) is 5.69 Å². The molecule has 0 aliphatic carbocycles. The van der Waals surface area contributed by atoms with Crippen LogP contribution < -0.4 is 4.72 Å². The van der Waals surface area contributed by atoms with E-state index in [4.69, 9.17) is 0 Å². The molecule has 0 bridgehead atoms. The van der Waals surface area contributed by atoms with Gasteiger partial charge in [0.15, 0.2) is 0 Å². The number of aromatic amines is 1. The first-order chi connectivity index (χ1) is 15.9. The third kappa shape index (κ3) is 4.34. The number of nitrogens with zero attached hydrogens (tertiary/aromatic N) is 2. The maximum Gasteiger partial charge on any atom is 0.270 e. The smallest absolute Gasteiger partial charge is 0.270 e. The molecule has 1 amide bonds. The molecule has 0 saturated carbocycles. The molecule has 2 aromatic carbocycles. The van der Waals surface area contributed by atoms with Gasteiger partial charge in [-0.05, 0) is 71.2 Å². The summed E-state index contributed by atoms with van der Waals surface area (Å²) in [6, 6.07) is 16.7. The minimum absolute atomic E-state index is 0.0217. The van der Waals surface area contributed by atoms with Crippen molar-refractivity contribution in [2.75, 3.05) is 17.8 Å². The molecule has 9 heteroatoms. The first kappa shape index (κ1) is 21.9. The Morgan fingerprint density at radius 3 is 2.67 bits per heavy atom. The quantitative estimate of drug-likeness (QED) is 0.334. The minimum atomic E-state index is -3.88. The second-order valence-corrected chi connectivity index (χ2v) is 10.8. The lowest BCUT2D eigenvalue weighted by molar-refractivity contribution is 0.0787. The van der Waals surface area contributed by atoms with Crippen molar-refractivity contribution in [2.45, 2.75) is 17.7 Å². The van der Waals surface area contributed by atoms with Crippen LogP contribution in [0.2, 0.25) is 0 Å². The number of hydrogen-bond acceptors (Lipinski definition) is 4. The van der Waals surface area contributed by atoms with Gasteiger partial charge in [0.1, 0.15) is 10.6 Å². The summed E-state index contributed by atoms with van der Waals surface area (Å²) in [6.07, 6.45) is 5.05. The number of likely N-dealkylation sites (tertiary alicyclic amines) is 1. The van der Waals surface area contributed by atoms with Crippen LogP contribution in [0.25, 0.3) is 22.0 Å². The summed E-state index contributed by atoms with van der Waals surface area (Å²) in [5, 5.41) is 2.06. The van der Waals surface area contributed by atoms with Crippen LogP contribution in [0.15, 0.2) is 71.9 Å². The van der Waals surface area contributed by atoms with Crippen LogP contribution in [0.5, 0.6) is 0 Å². The molecule has 3 heterocycles. The maximum absolute atomic E-state index is 13.0. The second-order valence-electron chi connectivity index (χ2n) is 7.93. The van der Waals surface area contributed by atoms with Crippen molar-refractivity contribution in [3.63, 3.8) is 0 Å². The van der Waals surface area contributed by atoms with Crippen molar-refractivity contribution < 1.29 is 13.2 Å². The standard InChI is InChI=1S/C24H21IN4O3S/c25-21-8-7-17(13-20(21)23-19-6-2-1-5-16(19)9-10-26-23)28-33(31,32)18-14-22(27-15-18)24(30)29-11-3-4-12-29/h1-2,5-10,13-15,27-28H,3-4,11-12H2. The predicted molar refractivity (Wildman–Crippen MR) is 137 cm³/mol. The van der Waals surface area contributed by atoms with E-state index in [-0.39, 0.29) is 16.5 Å². The van der Waals surface area contributed by atoms with Crippen molar-refractivity contribution in [2.24, 2.45) is 0 Å². The summed E-state index contributed by atoms with van der Waals surface area (Å²) in [5.74, 6) is -0.174. The number of carbonyl (C=O) groups is 1. The molecule has 0 radical (unpaired) electrons. The van der Waals surface area contributed by atoms with Gasteiger partial charge in [0.25, 0.3) is 15.9 Å². The van der Waals surface area contributed by atoms with Crippen molar-refractivity contribution >= 4 is 55.0 Å². The van der Waals surface area contributed by atoms with Gasteiger partial charge in [0.2, 0.25) is 0 Å². The topological polar surface area (TPSA) is 95.2 Å². The van der Waals surface area contributed by atoms with E-state index in [1.165, 1.54) is 12.3 Å². The van der Waals surface area contributed by atoms with Gasteiger partial charge in [-0.15, -0.1) is 0 Å². The molecule has 1 aliphatic heterocycles. The second kappa shape index (κ2) is 8.79. The Hall–Kier alpha value is -2.92. The lowest BCUT2D eigenvalue weighted by Crippen LogP contribution is -2.27. The fourth-order valence-corrected chi connectivity index (χ4v) is 5.70. The molecule has 5 rings (SSSR count). The van der Waals surface area contributed by atoms with Gasteiger partial charge in [-0.1, -0.05) is 24.3 Å². The molecule has 4 aromatic rings. The Bertz CT molecular complexity index is 1450. The molecule has 0 unspecified atom stereocenters. The third-order valence-corrected chi connectivity index (χ3v) is 8.04. The number of carbonyl (C=O) groups excluding carboxylic acids is 1. The highest BCUT2D eigenvalue weighted by Crippen LogP contribution is 2.32. The van der Waals surface area contributed by atoms with E-state index in [0.29, 0.717) is 18.8 Å². The lowest BCUT2D eigenvalue weighted by Gasteiger charge is -2.13. The zero-order chi connectivity index (χ0) is 23.0. The van der Waals surface area contributed by atoms with Crippen LogP contribution in [0.3, 0.4) is 0 Å². The molecule has 168 valence electrons. The average Bonchev–Trinajstić information content (AvgIpc) is 3.52. The molecule has 2 N–H and O–H groups in total. The van der Waals surface area contributed by atoms with Gasteiger partial charge >= 0.3 is 0 Å². The Morgan fingerprint density at radius 2 is 1.85 bits per heavy atom. The van der Waals surface area contributed by atoms with Crippen molar-refractivity contribution in [1.29, 1.82) is 0 Å². The van der Waals surface area contributed by atoms with Crippen LogP contribution in [-0.4, -0.2) is 42.3 Å². The number of rotatable bonds is 5. The van der Waals surface area contributed by atoms with E-state index in [2.05, 4.69) is 37.3 Å². The first-order valence-corrected chi connectivity index (χ1v) is 13.1. The normalized spacial score (nSPS) is 14.0. The van der Waals surface area contributed by atoms with Gasteiger partial charge in [-0.2, -0.15) is 0 Å². The number of pyridine rings is 1. The molecule has 0 spiro atoms. The van der Waals surface area contributed by atoms with E-state index >= 15 is 0 Å². The molecular weight excluding hydrogens is 551 g/mol. The number of hydrogen-bond donors (Lipinski definition) is 2. The fourth-order valence-electron chi connectivity index (χ4n) is 4.06. The highest BCUT2D eigenvalue weighted by molar-refractivity contribution is 14.1. The van der Waals surface area contributed by atoms with Gasteiger partial charge in [0, 0.05) is 45.7 Å². The third-order valence-electron chi connectivity index (χ3n) is 5.74. The molecule has 2 aromatic heterocycles. The summed E-state index contributed by atoms with van der Waals surface area (Å²) < 4.78 is 29.7. The van der Waals surface area contributed by atoms with Crippen LogP contribution in [-0.2, 0) is 10.0 Å². The largest absolute Gasteiger partial charge is 0.356 e. The number of halogens is 1. The molecule has 1 saturated heterocycles. The van der Waals surface area contributed by atoms with Gasteiger partial charge in [-0.3, -0.25) is 14.5 Å². The van der Waals surface area contributed by atoms with Crippen LogP contribution >= 0.6 is 22.6 Å². The van der Waals surface area contributed by atoms with Crippen LogP contribution in [0.1, 0.15) is 23.3 Å². The molecule has 0 atom stereocenters. The zero-order valence-electron chi connectivity index (χ0n) is 17.6. The van der Waals surface area contributed by atoms with E-state index in [9.17, 15) is 13.2 Å². The summed E-state index contributed by atoms with van der Waals surface area (Å²) in [4.78, 5) is 21.7. The van der Waals surface area contributed by atoms with Crippen LogP contribution in [0.4, 0.5) is 5.69 Å². The van der Waals surface area contributed by atoms with Crippen molar-refractivity contribution in [3.8, 4) is 11.3 Å².